The molecule has 0 radical (unpaired) electrons. The van der Waals surface area contributed by atoms with E-state index in [1.54, 1.807) is 0 Å². The Morgan fingerprint density at radius 3 is 1.84 bits per heavy atom. The lowest BCUT2D eigenvalue weighted by Gasteiger charge is -2.73. The summed E-state index contributed by atoms with van der Waals surface area (Å²) in [6.45, 7) is 22.3. The average Bonchev–Trinajstić information content (AvgIpc) is 3.03. The summed E-state index contributed by atoms with van der Waals surface area (Å²) in [6.07, 6.45) is 13.4. The molecular weight excluding hydrogens is 376 g/mol. The quantitative estimate of drug-likeness (QED) is 0.421. The number of aliphatic hydroxyl groups excluding tert-OH is 1. The fraction of sp³-hybridized carbons (Fsp3) is 0.933. The van der Waals surface area contributed by atoms with Gasteiger partial charge >= 0.3 is 0 Å². The summed E-state index contributed by atoms with van der Waals surface area (Å²) < 4.78 is 0. The second-order valence-electron chi connectivity index (χ2n) is 14.6. The minimum absolute atomic E-state index is 0.0654. The molecule has 0 saturated heterocycles. The minimum Gasteiger partial charge on any atom is -0.393 e. The molecule has 176 valence electrons. The zero-order chi connectivity index (χ0) is 22.6. The van der Waals surface area contributed by atoms with E-state index in [-0.39, 0.29) is 11.5 Å². The molecule has 0 heterocycles. The van der Waals surface area contributed by atoms with Crippen molar-refractivity contribution in [2.45, 2.75) is 119 Å². The third-order valence-corrected chi connectivity index (χ3v) is 13.6. The summed E-state index contributed by atoms with van der Waals surface area (Å²) in [4.78, 5) is 0. The van der Waals surface area contributed by atoms with Crippen LogP contribution in [0.4, 0.5) is 0 Å². The lowest BCUT2D eigenvalue weighted by Crippen LogP contribution is -2.66. The Kier molecular flexibility index (Phi) is 4.82. The predicted octanol–water partition coefficient (Wildman–Crippen LogP) is 8.02. The third-order valence-electron chi connectivity index (χ3n) is 13.6. The van der Waals surface area contributed by atoms with E-state index in [4.69, 9.17) is 0 Å². The summed E-state index contributed by atoms with van der Waals surface area (Å²) in [5.41, 5.74) is 3.36. The summed E-state index contributed by atoms with van der Waals surface area (Å²) in [7, 11) is 0. The Bertz CT molecular complexity index is 766. The molecule has 1 heteroatoms. The van der Waals surface area contributed by atoms with Crippen molar-refractivity contribution in [3.8, 4) is 0 Å². The molecule has 10 atom stereocenters. The van der Waals surface area contributed by atoms with Gasteiger partial charge in [-0.2, -0.15) is 0 Å². The van der Waals surface area contributed by atoms with Crippen LogP contribution in [-0.2, 0) is 0 Å². The molecular formula is C30H50O. The van der Waals surface area contributed by atoms with Crippen molar-refractivity contribution in [1.29, 1.82) is 0 Å². The maximum absolute atomic E-state index is 10.9. The number of aliphatic hydroxyl groups is 1. The number of fused-ring (bicyclic) bond motifs is 7. The topological polar surface area (TPSA) is 20.2 Å². The van der Waals surface area contributed by atoms with Gasteiger partial charge in [-0.1, -0.05) is 53.7 Å². The second-order valence-corrected chi connectivity index (χ2v) is 14.6. The molecule has 0 spiro atoms. The molecule has 0 aromatic heterocycles. The van der Waals surface area contributed by atoms with Crippen molar-refractivity contribution in [3.05, 3.63) is 12.2 Å². The molecule has 1 nitrogen and oxygen atoms in total. The van der Waals surface area contributed by atoms with Crippen LogP contribution in [0.2, 0.25) is 0 Å². The highest BCUT2D eigenvalue weighted by Crippen LogP contribution is 2.77. The van der Waals surface area contributed by atoms with Crippen molar-refractivity contribution in [2.24, 2.45) is 56.7 Å². The molecule has 31 heavy (non-hydrogen) atoms. The van der Waals surface area contributed by atoms with Crippen molar-refractivity contribution < 1.29 is 5.11 Å². The van der Waals surface area contributed by atoms with Gasteiger partial charge in [-0.05, 0) is 128 Å². The normalized spacial score (nSPS) is 57.9. The van der Waals surface area contributed by atoms with Crippen LogP contribution in [0, 0.1) is 56.7 Å². The molecule has 5 aliphatic rings. The number of hydrogen-bond donors (Lipinski definition) is 1. The Morgan fingerprint density at radius 1 is 0.677 bits per heavy atom. The molecule has 5 fully saturated rings. The van der Waals surface area contributed by atoms with Gasteiger partial charge in [0.2, 0.25) is 0 Å². The SMILES string of the molecule is C=C(C)[C@H]1CC[C@]2(C)[C@H]3CC[C@@H]4[C@@]5(C)CC[C@@H](O)C(C)(C)[C@@H]5CC[C@@]4(C)[C@]3(C)CC[C@@H]12. The standard InChI is InChI=1S/C30H50O/c1-19(2)20-11-15-27(5)21(20)12-17-29(7)23(27)9-10-24-28(6)16-14-25(31)26(3,4)22(28)13-18-30(24,29)8/h20-25,31H,1,9-18H2,2-8H3/t20-,21+,22+,23-,24-,25-,27+,28+,29-,30-/m1/s1. The summed E-state index contributed by atoms with van der Waals surface area (Å²) in [6, 6.07) is 0. The van der Waals surface area contributed by atoms with Gasteiger partial charge in [0.05, 0.1) is 6.10 Å². The van der Waals surface area contributed by atoms with E-state index in [2.05, 4.69) is 55.0 Å². The van der Waals surface area contributed by atoms with Gasteiger partial charge in [0.1, 0.15) is 0 Å². The predicted molar refractivity (Wildman–Crippen MR) is 131 cm³/mol. The van der Waals surface area contributed by atoms with Crippen molar-refractivity contribution in [1.82, 2.24) is 0 Å². The van der Waals surface area contributed by atoms with Crippen LogP contribution < -0.4 is 0 Å². The van der Waals surface area contributed by atoms with E-state index < -0.39 is 0 Å². The second kappa shape index (κ2) is 6.64. The highest BCUT2D eigenvalue weighted by atomic mass is 16.3. The zero-order valence-electron chi connectivity index (χ0n) is 21.7. The first-order valence-electron chi connectivity index (χ1n) is 13.7. The fourth-order valence-electron chi connectivity index (χ4n) is 11.8. The summed E-state index contributed by atoms with van der Waals surface area (Å²) >= 11 is 0. The van der Waals surface area contributed by atoms with Crippen molar-refractivity contribution >= 4 is 0 Å². The molecule has 0 bridgehead atoms. The number of hydrogen-bond acceptors (Lipinski definition) is 1. The molecule has 5 rings (SSSR count). The van der Waals surface area contributed by atoms with Gasteiger partial charge in [-0.3, -0.25) is 0 Å². The number of allylic oxidation sites excluding steroid dienone is 1. The minimum atomic E-state index is -0.117. The largest absolute Gasteiger partial charge is 0.393 e. The molecule has 5 saturated carbocycles. The third kappa shape index (κ3) is 2.60. The van der Waals surface area contributed by atoms with Crippen LogP contribution in [0.1, 0.15) is 113 Å². The van der Waals surface area contributed by atoms with Gasteiger partial charge in [-0.15, -0.1) is 0 Å². The Labute approximate surface area is 192 Å². The van der Waals surface area contributed by atoms with Gasteiger partial charge in [0, 0.05) is 0 Å². The van der Waals surface area contributed by atoms with Gasteiger partial charge in [0.25, 0.3) is 0 Å². The van der Waals surface area contributed by atoms with Crippen LogP contribution >= 0.6 is 0 Å². The molecule has 0 unspecified atom stereocenters. The van der Waals surface area contributed by atoms with Crippen LogP contribution in [0.25, 0.3) is 0 Å². The molecule has 0 amide bonds. The monoisotopic (exact) mass is 426 g/mol. The fourth-order valence-corrected chi connectivity index (χ4v) is 11.8. The molecule has 5 aliphatic carbocycles. The van der Waals surface area contributed by atoms with Gasteiger partial charge in [-0.25, -0.2) is 0 Å². The van der Waals surface area contributed by atoms with Crippen LogP contribution in [0.15, 0.2) is 12.2 Å². The first-order chi connectivity index (χ1) is 14.3. The van der Waals surface area contributed by atoms with Crippen molar-refractivity contribution in [3.63, 3.8) is 0 Å². The van der Waals surface area contributed by atoms with Crippen molar-refractivity contribution in [2.75, 3.05) is 0 Å². The highest BCUT2D eigenvalue weighted by molar-refractivity contribution is 5.21. The smallest absolute Gasteiger partial charge is 0.0594 e. The molecule has 1 N–H and O–H groups in total. The maximum Gasteiger partial charge on any atom is 0.0594 e. The molecule has 0 aromatic carbocycles. The van der Waals surface area contributed by atoms with E-state index in [9.17, 15) is 5.11 Å². The summed E-state index contributed by atoms with van der Waals surface area (Å²) in [5.74, 6) is 4.03. The lowest BCUT2D eigenvalue weighted by molar-refractivity contribution is -0.251. The highest BCUT2D eigenvalue weighted by Gasteiger charge is 2.70. The van der Waals surface area contributed by atoms with E-state index >= 15 is 0 Å². The zero-order valence-corrected chi connectivity index (χ0v) is 21.7. The Hall–Kier alpha value is -0.300. The van der Waals surface area contributed by atoms with E-state index in [1.807, 2.05) is 0 Å². The maximum atomic E-state index is 10.9. The van der Waals surface area contributed by atoms with Gasteiger partial charge < -0.3 is 5.11 Å². The van der Waals surface area contributed by atoms with E-state index in [0.717, 1.165) is 30.1 Å². The van der Waals surface area contributed by atoms with Crippen LogP contribution in [-0.4, -0.2) is 11.2 Å². The van der Waals surface area contributed by atoms with E-state index in [0.29, 0.717) is 27.6 Å². The molecule has 0 aromatic rings. The van der Waals surface area contributed by atoms with Crippen LogP contribution in [0.5, 0.6) is 0 Å². The van der Waals surface area contributed by atoms with Crippen LogP contribution in [0.3, 0.4) is 0 Å². The number of rotatable bonds is 1. The lowest BCUT2D eigenvalue weighted by atomic mass is 9.32. The molecule has 0 aliphatic heterocycles. The first kappa shape index (κ1) is 22.5. The Morgan fingerprint density at radius 2 is 1.23 bits per heavy atom. The van der Waals surface area contributed by atoms with Gasteiger partial charge in [0.15, 0.2) is 0 Å². The Balaban J connectivity index is 1.52. The average molecular weight is 427 g/mol. The van der Waals surface area contributed by atoms with E-state index in [1.165, 1.54) is 63.4 Å². The summed E-state index contributed by atoms with van der Waals surface area (Å²) in [5, 5.41) is 10.9. The first-order valence-corrected chi connectivity index (χ1v) is 13.7.